The molecule has 0 aliphatic rings. The van der Waals surface area contributed by atoms with Gasteiger partial charge in [0.15, 0.2) is 0 Å². The fourth-order valence-corrected chi connectivity index (χ4v) is 1.47. The summed E-state index contributed by atoms with van der Waals surface area (Å²) in [5, 5.41) is 0. The Bertz CT molecular complexity index is 305. The van der Waals surface area contributed by atoms with E-state index in [-0.39, 0.29) is 6.04 Å². The van der Waals surface area contributed by atoms with Crippen LogP contribution in [-0.2, 0) is 0 Å². The predicted molar refractivity (Wildman–Crippen MR) is 59.7 cm³/mol. The number of hydrogen-bond donors (Lipinski definition) is 1. The first-order valence-corrected chi connectivity index (χ1v) is 4.99. The number of rotatable bonds is 3. The molecule has 0 saturated carbocycles. The van der Waals surface area contributed by atoms with Crippen LogP contribution in [0.3, 0.4) is 0 Å². The van der Waals surface area contributed by atoms with E-state index < -0.39 is 0 Å². The maximum Gasteiger partial charge on any atom is 0.123 e. The molecular formula is C12H19NO. The first-order chi connectivity index (χ1) is 6.56. The van der Waals surface area contributed by atoms with E-state index in [0.29, 0.717) is 5.92 Å². The average Bonchev–Trinajstić information content (AvgIpc) is 2.16. The van der Waals surface area contributed by atoms with Gasteiger partial charge in [0, 0.05) is 11.6 Å². The van der Waals surface area contributed by atoms with E-state index in [2.05, 4.69) is 26.0 Å². The molecule has 0 amide bonds. The van der Waals surface area contributed by atoms with Gasteiger partial charge in [-0.05, 0) is 24.5 Å². The highest BCUT2D eigenvalue weighted by molar-refractivity contribution is 5.40. The fraction of sp³-hybridized carbons (Fsp3) is 0.500. The number of benzene rings is 1. The van der Waals surface area contributed by atoms with E-state index in [1.165, 1.54) is 5.56 Å². The SMILES string of the molecule is COc1ccc(C(C)C)cc1[C@@H](C)N. The predicted octanol–water partition coefficient (Wildman–Crippen LogP) is 2.84. The number of methoxy groups -OCH3 is 1. The van der Waals surface area contributed by atoms with Gasteiger partial charge < -0.3 is 10.5 Å². The third kappa shape index (κ3) is 2.26. The lowest BCUT2D eigenvalue weighted by molar-refractivity contribution is 0.406. The zero-order valence-electron chi connectivity index (χ0n) is 9.37. The molecular weight excluding hydrogens is 174 g/mol. The largest absolute Gasteiger partial charge is 0.496 e. The Kier molecular flexibility index (Phi) is 3.53. The highest BCUT2D eigenvalue weighted by Crippen LogP contribution is 2.27. The summed E-state index contributed by atoms with van der Waals surface area (Å²) >= 11 is 0. The fourth-order valence-electron chi connectivity index (χ4n) is 1.47. The lowest BCUT2D eigenvalue weighted by atomic mass is 9.98. The number of nitrogens with two attached hydrogens (primary N) is 1. The van der Waals surface area contributed by atoms with Crippen molar-refractivity contribution in [3.8, 4) is 5.75 Å². The van der Waals surface area contributed by atoms with E-state index in [1.54, 1.807) is 7.11 Å². The third-order valence-corrected chi connectivity index (χ3v) is 2.41. The summed E-state index contributed by atoms with van der Waals surface area (Å²) in [6, 6.07) is 6.24. The molecule has 0 radical (unpaired) electrons. The van der Waals surface area contributed by atoms with E-state index in [9.17, 15) is 0 Å². The van der Waals surface area contributed by atoms with Crippen LogP contribution in [0.1, 0.15) is 43.9 Å². The molecule has 78 valence electrons. The minimum atomic E-state index is 0.0173. The Labute approximate surface area is 86.1 Å². The van der Waals surface area contributed by atoms with Crippen molar-refractivity contribution >= 4 is 0 Å². The molecule has 0 saturated heterocycles. The van der Waals surface area contributed by atoms with Gasteiger partial charge in [0.2, 0.25) is 0 Å². The van der Waals surface area contributed by atoms with Gasteiger partial charge >= 0.3 is 0 Å². The smallest absolute Gasteiger partial charge is 0.123 e. The van der Waals surface area contributed by atoms with Crippen LogP contribution in [0.2, 0.25) is 0 Å². The van der Waals surface area contributed by atoms with Gasteiger partial charge in [0.25, 0.3) is 0 Å². The molecule has 0 spiro atoms. The van der Waals surface area contributed by atoms with Crippen molar-refractivity contribution in [3.05, 3.63) is 29.3 Å². The number of ether oxygens (including phenoxy) is 1. The topological polar surface area (TPSA) is 35.2 Å². The van der Waals surface area contributed by atoms with Gasteiger partial charge in [-0.3, -0.25) is 0 Å². The minimum absolute atomic E-state index is 0.0173. The molecule has 0 aliphatic carbocycles. The van der Waals surface area contributed by atoms with Crippen LogP contribution in [0.4, 0.5) is 0 Å². The molecule has 0 aliphatic heterocycles. The van der Waals surface area contributed by atoms with Gasteiger partial charge in [0.05, 0.1) is 7.11 Å². The molecule has 1 aromatic rings. The maximum absolute atomic E-state index is 5.88. The Morgan fingerprint density at radius 1 is 1.21 bits per heavy atom. The summed E-state index contributed by atoms with van der Waals surface area (Å²) in [6.07, 6.45) is 0. The van der Waals surface area contributed by atoms with E-state index >= 15 is 0 Å². The summed E-state index contributed by atoms with van der Waals surface area (Å²) in [4.78, 5) is 0. The highest BCUT2D eigenvalue weighted by Gasteiger charge is 2.09. The lowest BCUT2D eigenvalue weighted by Gasteiger charge is -2.14. The Hall–Kier alpha value is -1.02. The van der Waals surface area contributed by atoms with Crippen LogP contribution < -0.4 is 10.5 Å². The molecule has 0 fully saturated rings. The second-order valence-corrected chi connectivity index (χ2v) is 3.94. The zero-order chi connectivity index (χ0) is 10.7. The molecule has 1 aromatic carbocycles. The van der Waals surface area contributed by atoms with Gasteiger partial charge in [0.1, 0.15) is 5.75 Å². The van der Waals surface area contributed by atoms with Crippen molar-refractivity contribution in [2.24, 2.45) is 5.73 Å². The van der Waals surface area contributed by atoms with Crippen LogP contribution in [0.15, 0.2) is 18.2 Å². The quantitative estimate of drug-likeness (QED) is 0.801. The third-order valence-electron chi connectivity index (χ3n) is 2.41. The average molecular weight is 193 g/mol. The summed E-state index contributed by atoms with van der Waals surface area (Å²) in [7, 11) is 1.68. The van der Waals surface area contributed by atoms with Crippen molar-refractivity contribution in [1.82, 2.24) is 0 Å². The first kappa shape index (κ1) is 11.1. The summed E-state index contributed by atoms with van der Waals surface area (Å²) in [6.45, 7) is 6.32. The van der Waals surface area contributed by atoms with E-state index in [0.717, 1.165) is 11.3 Å². The molecule has 0 heterocycles. The normalized spacial score (nSPS) is 13.0. The molecule has 1 atom stereocenters. The summed E-state index contributed by atoms with van der Waals surface area (Å²) < 4.78 is 5.26. The van der Waals surface area contributed by atoms with Crippen molar-refractivity contribution in [2.45, 2.75) is 32.7 Å². The Balaban J connectivity index is 3.14. The first-order valence-electron chi connectivity index (χ1n) is 4.99. The van der Waals surface area contributed by atoms with Crippen molar-refractivity contribution < 1.29 is 4.74 Å². The summed E-state index contributed by atoms with van der Waals surface area (Å²) in [5.41, 5.74) is 8.27. The number of hydrogen-bond acceptors (Lipinski definition) is 2. The molecule has 1 rings (SSSR count). The molecule has 0 aromatic heterocycles. The molecule has 0 unspecified atom stereocenters. The van der Waals surface area contributed by atoms with E-state index in [1.807, 2.05) is 13.0 Å². The molecule has 2 heteroatoms. The summed E-state index contributed by atoms with van der Waals surface area (Å²) in [5.74, 6) is 1.41. The molecule has 2 nitrogen and oxygen atoms in total. The van der Waals surface area contributed by atoms with Crippen LogP contribution >= 0.6 is 0 Å². The molecule has 2 N–H and O–H groups in total. The zero-order valence-corrected chi connectivity index (χ0v) is 9.37. The second-order valence-electron chi connectivity index (χ2n) is 3.94. The van der Waals surface area contributed by atoms with Crippen LogP contribution in [-0.4, -0.2) is 7.11 Å². The van der Waals surface area contributed by atoms with Gasteiger partial charge in [-0.2, -0.15) is 0 Å². The van der Waals surface area contributed by atoms with Crippen molar-refractivity contribution in [3.63, 3.8) is 0 Å². The second kappa shape index (κ2) is 4.47. The van der Waals surface area contributed by atoms with Crippen molar-refractivity contribution in [1.29, 1.82) is 0 Å². The maximum atomic E-state index is 5.88. The standard InChI is InChI=1S/C12H19NO/c1-8(2)10-5-6-12(14-4)11(7-10)9(3)13/h5-9H,13H2,1-4H3/t9-/m1/s1. The van der Waals surface area contributed by atoms with Gasteiger partial charge in [-0.25, -0.2) is 0 Å². The molecule has 0 bridgehead atoms. The lowest BCUT2D eigenvalue weighted by Crippen LogP contribution is -2.07. The highest BCUT2D eigenvalue weighted by atomic mass is 16.5. The van der Waals surface area contributed by atoms with Crippen molar-refractivity contribution in [2.75, 3.05) is 7.11 Å². The van der Waals surface area contributed by atoms with E-state index in [4.69, 9.17) is 10.5 Å². The van der Waals surface area contributed by atoms with Gasteiger partial charge in [-0.1, -0.05) is 26.0 Å². The minimum Gasteiger partial charge on any atom is -0.496 e. The van der Waals surface area contributed by atoms with Gasteiger partial charge in [-0.15, -0.1) is 0 Å². The molecule has 14 heavy (non-hydrogen) atoms. The van der Waals surface area contributed by atoms with Crippen LogP contribution in [0.25, 0.3) is 0 Å². The van der Waals surface area contributed by atoms with Crippen LogP contribution in [0.5, 0.6) is 5.75 Å². The Morgan fingerprint density at radius 3 is 2.29 bits per heavy atom. The van der Waals surface area contributed by atoms with Crippen LogP contribution in [0, 0.1) is 0 Å². The monoisotopic (exact) mass is 193 g/mol. The Morgan fingerprint density at radius 2 is 1.86 bits per heavy atom.